The lowest BCUT2D eigenvalue weighted by molar-refractivity contribution is -0.122. The molecule has 0 spiro atoms. The third kappa shape index (κ3) is 5.14. The molecule has 178 valence electrons. The van der Waals surface area contributed by atoms with E-state index in [0.717, 1.165) is 37.9 Å². The van der Waals surface area contributed by atoms with E-state index in [1.165, 1.54) is 5.56 Å². The van der Waals surface area contributed by atoms with Crippen LogP contribution in [0.2, 0.25) is 0 Å². The highest BCUT2D eigenvalue weighted by molar-refractivity contribution is 5.97. The molecule has 0 bridgehead atoms. The largest absolute Gasteiger partial charge is 0.436 e. The maximum Gasteiger partial charge on any atom is 0.253 e. The lowest BCUT2D eigenvalue weighted by atomic mass is 9.92. The van der Waals surface area contributed by atoms with Crippen molar-refractivity contribution in [3.8, 4) is 11.5 Å². The molecule has 2 aliphatic heterocycles. The maximum atomic E-state index is 13.1. The number of piperidine rings is 1. The molecule has 7 heteroatoms. The van der Waals surface area contributed by atoms with E-state index in [2.05, 4.69) is 10.3 Å². The number of nitrogens with one attached hydrogen (secondary N) is 1. The number of fused-ring (bicyclic) bond motifs is 1. The summed E-state index contributed by atoms with van der Waals surface area (Å²) in [6.07, 6.45) is 4.45. The van der Waals surface area contributed by atoms with Crippen molar-refractivity contribution in [3.05, 3.63) is 53.6 Å². The van der Waals surface area contributed by atoms with Crippen LogP contribution in [-0.2, 0) is 9.53 Å². The van der Waals surface area contributed by atoms with E-state index in [0.29, 0.717) is 54.5 Å². The summed E-state index contributed by atoms with van der Waals surface area (Å²) < 4.78 is 11.5. The van der Waals surface area contributed by atoms with Gasteiger partial charge in [-0.1, -0.05) is 17.7 Å². The van der Waals surface area contributed by atoms with E-state index in [4.69, 9.17) is 9.15 Å². The van der Waals surface area contributed by atoms with Crippen molar-refractivity contribution in [3.63, 3.8) is 0 Å². The minimum Gasteiger partial charge on any atom is -0.436 e. The lowest BCUT2D eigenvalue weighted by Crippen LogP contribution is -2.40. The molecule has 2 aromatic carbocycles. The Balaban J connectivity index is 1.16. The Morgan fingerprint density at radius 2 is 1.88 bits per heavy atom. The van der Waals surface area contributed by atoms with Gasteiger partial charge in [0.1, 0.15) is 5.52 Å². The molecule has 3 heterocycles. The van der Waals surface area contributed by atoms with Gasteiger partial charge in [-0.2, -0.15) is 0 Å². The van der Waals surface area contributed by atoms with Crippen molar-refractivity contribution < 1.29 is 18.7 Å². The van der Waals surface area contributed by atoms with Crippen molar-refractivity contribution in [2.75, 3.05) is 26.2 Å². The molecule has 2 aliphatic rings. The summed E-state index contributed by atoms with van der Waals surface area (Å²) in [5, 5.41) is 3.00. The Kier molecular flexibility index (Phi) is 6.63. The van der Waals surface area contributed by atoms with Crippen LogP contribution in [0.25, 0.3) is 22.6 Å². The van der Waals surface area contributed by atoms with Crippen molar-refractivity contribution in [2.24, 2.45) is 5.92 Å². The van der Waals surface area contributed by atoms with Crippen molar-refractivity contribution in [1.82, 2.24) is 15.2 Å². The van der Waals surface area contributed by atoms with Gasteiger partial charge in [-0.25, -0.2) is 4.98 Å². The monoisotopic (exact) mass is 461 g/mol. The second-order valence-electron chi connectivity index (χ2n) is 9.45. The van der Waals surface area contributed by atoms with Gasteiger partial charge in [0.05, 0.1) is 6.10 Å². The summed E-state index contributed by atoms with van der Waals surface area (Å²) in [5.74, 6) is 0.950. The molecule has 2 fully saturated rings. The molecule has 2 saturated heterocycles. The summed E-state index contributed by atoms with van der Waals surface area (Å²) in [7, 11) is 0. The van der Waals surface area contributed by atoms with Crippen LogP contribution < -0.4 is 5.32 Å². The van der Waals surface area contributed by atoms with Crippen LogP contribution in [0.15, 0.2) is 46.9 Å². The van der Waals surface area contributed by atoms with Gasteiger partial charge in [-0.15, -0.1) is 0 Å². The van der Waals surface area contributed by atoms with Crippen molar-refractivity contribution >= 4 is 22.9 Å². The Labute approximate surface area is 199 Å². The van der Waals surface area contributed by atoms with Gasteiger partial charge in [-0.3, -0.25) is 9.59 Å². The number of hydrogen-bond acceptors (Lipinski definition) is 5. The minimum absolute atomic E-state index is 0.00284. The fraction of sp³-hybridized carbons (Fsp3) is 0.444. The number of oxazole rings is 1. The molecule has 5 rings (SSSR count). The second kappa shape index (κ2) is 9.97. The first-order chi connectivity index (χ1) is 16.5. The number of ether oxygens (including phenoxy) is 1. The Morgan fingerprint density at radius 3 is 2.62 bits per heavy atom. The van der Waals surface area contributed by atoms with Gasteiger partial charge in [-0.05, 0) is 68.9 Å². The normalized spacial score (nSPS) is 19.0. The predicted molar refractivity (Wildman–Crippen MR) is 129 cm³/mol. The maximum absolute atomic E-state index is 13.1. The first-order valence-corrected chi connectivity index (χ1v) is 12.2. The van der Waals surface area contributed by atoms with Gasteiger partial charge in [0, 0.05) is 43.8 Å². The zero-order valence-corrected chi connectivity index (χ0v) is 19.6. The minimum atomic E-state index is 0.00284. The molecule has 2 amide bonds. The number of nitrogens with zero attached hydrogens (tertiary/aromatic N) is 2. The molecule has 1 aromatic heterocycles. The third-order valence-corrected chi connectivity index (χ3v) is 6.86. The number of amides is 2. The zero-order valence-electron chi connectivity index (χ0n) is 19.6. The quantitative estimate of drug-likeness (QED) is 0.590. The predicted octanol–water partition coefficient (Wildman–Crippen LogP) is 4.34. The molecule has 1 atom stereocenters. The van der Waals surface area contributed by atoms with Gasteiger partial charge in [0.15, 0.2) is 5.58 Å². The number of carbonyl (C=O) groups is 2. The number of aromatic nitrogens is 1. The average Bonchev–Trinajstić information content (AvgIpc) is 3.53. The summed E-state index contributed by atoms with van der Waals surface area (Å²) in [4.78, 5) is 31.9. The molecule has 3 aromatic rings. The second-order valence-corrected chi connectivity index (χ2v) is 9.45. The number of rotatable bonds is 6. The highest BCUT2D eigenvalue weighted by Gasteiger charge is 2.26. The Bertz CT molecular complexity index is 1160. The molecule has 1 unspecified atom stereocenters. The standard InChI is InChI=1S/C27H31N3O4/c1-18-4-6-20(7-5-18)26-29-23-16-21(8-9-24(23)34-26)27(32)30-12-10-19(11-13-30)15-25(31)28-17-22-3-2-14-33-22/h4-9,16,19,22H,2-3,10-15,17H2,1H3,(H,28,31). The van der Waals surface area contributed by atoms with Crippen LogP contribution >= 0.6 is 0 Å². The first kappa shape index (κ1) is 22.6. The van der Waals surface area contributed by atoms with E-state index in [9.17, 15) is 9.59 Å². The fourth-order valence-electron chi connectivity index (χ4n) is 4.77. The number of likely N-dealkylation sites (tertiary alicyclic amines) is 1. The van der Waals surface area contributed by atoms with Crippen molar-refractivity contribution in [1.29, 1.82) is 0 Å². The van der Waals surface area contributed by atoms with Gasteiger partial charge < -0.3 is 19.4 Å². The number of carbonyl (C=O) groups excluding carboxylic acids is 2. The number of hydrogen-bond donors (Lipinski definition) is 1. The lowest BCUT2D eigenvalue weighted by Gasteiger charge is -2.32. The molecule has 0 radical (unpaired) electrons. The van der Waals surface area contributed by atoms with Crippen LogP contribution in [0.3, 0.4) is 0 Å². The molecular weight excluding hydrogens is 430 g/mol. The topological polar surface area (TPSA) is 84.7 Å². The molecule has 34 heavy (non-hydrogen) atoms. The van der Waals surface area contributed by atoms with Crippen LogP contribution in [-0.4, -0.2) is 54.0 Å². The molecule has 0 saturated carbocycles. The molecule has 7 nitrogen and oxygen atoms in total. The van der Waals surface area contributed by atoms with Gasteiger partial charge in [0.2, 0.25) is 11.8 Å². The van der Waals surface area contributed by atoms with Crippen LogP contribution in [0.4, 0.5) is 0 Å². The first-order valence-electron chi connectivity index (χ1n) is 12.2. The van der Waals surface area contributed by atoms with E-state index < -0.39 is 0 Å². The number of benzene rings is 2. The zero-order chi connectivity index (χ0) is 23.5. The molecule has 1 N–H and O–H groups in total. The summed E-state index contributed by atoms with van der Waals surface area (Å²) in [5.41, 5.74) is 4.05. The highest BCUT2D eigenvalue weighted by Crippen LogP contribution is 2.27. The third-order valence-electron chi connectivity index (χ3n) is 6.86. The van der Waals surface area contributed by atoms with Crippen molar-refractivity contribution in [2.45, 2.75) is 45.1 Å². The highest BCUT2D eigenvalue weighted by atomic mass is 16.5. The SMILES string of the molecule is Cc1ccc(-c2nc3cc(C(=O)N4CCC(CC(=O)NCC5CCCO5)CC4)ccc3o2)cc1. The van der Waals surface area contributed by atoms with E-state index in [1.54, 1.807) is 6.07 Å². The molecular formula is C27H31N3O4. The Morgan fingerprint density at radius 1 is 1.09 bits per heavy atom. The number of aryl methyl sites for hydroxylation is 1. The van der Waals surface area contributed by atoms with Crippen LogP contribution in [0, 0.1) is 12.8 Å². The fourth-order valence-corrected chi connectivity index (χ4v) is 4.77. The van der Waals surface area contributed by atoms with E-state index >= 15 is 0 Å². The summed E-state index contributed by atoms with van der Waals surface area (Å²) >= 11 is 0. The smallest absolute Gasteiger partial charge is 0.253 e. The van der Waals surface area contributed by atoms with E-state index in [1.807, 2.05) is 48.2 Å². The van der Waals surface area contributed by atoms with E-state index in [-0.39, 0.29) is 17.9 Å². The summed E-state index contributed by atoms with van der Waals surface area (Å²) in [6.45, 7) is 4.76. The average molecular weight is 462 g/mol. The van der Waals surface area contributed by atoms with Gasteiger partial charge >= 0.3 is 0 Å². The molecule has 0 aliphatic carbocycles. The van der Waals surface area contributed by atoms with Crippen LogP contribution in [0.5, 0.6) is 0 Å². The Hall–Kier alpha value is -3.19. The summed E-state index contributed by atoms with van der Waals surface area (Å²) in [6, 6.07) is 13.5. The van der Waals surface area contributed by atoms with Gasteiger partial charge in [0.25, 0.3) is 5.91 Å². The van der Waals surface area contributed by atoms with Crippen LogP contribution in [0.1, 0.15) is 48.0 Å².